The third-order valence-electron chi connectivity index (χ3n) is 2.28. The number of amides is 2. The molecule has 0 saturated heterocycles. The van der Waals surface area contributed by atoms with E-state index in [0.717, 1.165) is 0 Å². The standard InChI is InChI=1S/C12H20N2O2/c1-5-9(3)11(15)13-7-8-14-12(16)10(4)6-2/h5-6H,7-8H2,1-4H3,(H,13,15)(H,14,16). The van der Waals surface area contributed by atoms with Crippen molar-refractivity contribution in [3.8, 4) is 0 Å². The molecule has 0 aromatic heterocycles. The highest BCUT2D eigenvalue weighted by Gasteiger charge is 2.03. The third kappa shape index (κ3) is 5.34. The normalized spacial score (nSPS) is 12.2. The van der Waals surface area contributed by atoms with Gasteiger partial charge in [0, 0.05) is 24.2 Å². The summed E-state index contributed by atoms with van der Waals surface area (Å²) in [5.74, 6) is -0.195. The largest absolute Gasteiger partial charge is 0.351 e. The topological polar surface area (TPSA) is 58.2 Å². The Morgan fingerprint density at radius 1 is 0.875 bits per heavy atom. The summed E-state index contributed by atoms with van der Waals surface area (Å²) in [5, 5.41) is 5.41. The Bertz CT molecular complexity index is 285. The lowest BCUT2D eigenvalue weighted by Crippen LogP contribution is -2.35. The van der Waals surface area contributed by atoms with Gasteiger partial charge in [-0.2, -0.15) is 0 Å². The van der Waals surface area contributed by atoms with Gasteiger partial charge in [0.05, 0.1) is 0 Å². The lowest BCUT2D eigenvalue weighted by molar-refractivity contribution is -0.119. The molecule has 90 valence electrons. The van der Waals surface area contributed by atoms with Crippen LogP contribution in [0.25, 0.3) is 0 Å². The van der Waals surface area contributed by atoms with Crippen LogP contribution in [0.2, 0.25) is 0 Å². The Morgan fingerprint density at radius 2 is 1.19 bits per heavy atom. The van der Waals surface area contributed by atoms with Crippen LogP contribution in [0.5, 0.6) is 0 Å². The van der Waals surface area contributed by atoms with Gasteiger partial charge in [0.2, 0.25) is 11.8 Å². The predicted octanol–water partition coefficient (Wildman–Crippen LogP) is 1.15. The van der Waals surface area contributed by atoms with Gasteiger partial charge in [0.1, 0.15) is 0 Å². The Morgan fingerprint density at radius 3 is 1.44 bits per heavy atom. The molecule has 0 saturated carbocycles. The average molecular weight is 224 g/mol. The van der Waals surface area contributed by atoms with E-state index in [-0.39, 0.29) is 11.8 Å². The maximum Gasteiger partial charge on any atom is 0.246 e. The fourth-order valence-corrected chi connectivity index (χ4v) is 0.893. The van der Waals surface area contributed by atoms with Gasteiger partial charge in [0.25, 0.3) is 0 Å². The molecule has 0 bridgehead atoms. The quantitative estimate of drug-likeness (QED) is 0.543. The summed E-state index contributed by atoms with van der Waals surface area (Å²) in [6, 6.07) is 0. The van der Waals surface area contributed by atoms with Gasteiger partial charge >= 0.3 is 0 Å². The van der Waals surface area contributed by atoms with E-state index in [9.17, 15) is 9.59 Å². The van der Waals surface area contributed by atoms with Gasteiger partial charge in [-0.25, -0.2) is 0 Å². The van der Waals surface area contributed by atoms with Crippen LogP contribution in [0, 0.1) is 0 Å². The average Bonchev–Trinajstić information content (AvgIpc) is 2.31. The van der Waals surface area contributed by atoms with Crippen molar-refractivity contribution in [1.29, 1.82) is 0 Å². The number of nitrogens with one attached hydrogen (secondary N) is 2. The molecule has 2 amide bonds. The Labute approximate surface area is 96.8 Å². The van der Waals surface area contributed by atoms with Crippen LogP contribution in [-0.2, 0) is 9.59 Å². The van der Waals surface area contributed by atoms with E-state index >= 15 is 0 Å². The van der Waals surface area contributed by atoms with Crippen molar-refractivity contribution < 1.29 is 9.59 Å². The highest BCUT2D eigenvalue weighted by Crippen LogP contribution is 1.91. The van der Waals surface area contributed by atoms with E-state index in [4.69, 9.17) is 0 Å². The molecule has 0 aromatic carbocycles. The first-order valence-corrected chi connectivity index (χ1v) is 5.35. The fourth-order valence-electron chi connectivity index (χ4n) is 0.893. The van der Waals surface area contributed by atoms with Crippen molar-refractivity contribution in [3.63, 3.8) is 0 Å². The summed E-state index contributed by atoms with van der Waals surface area (Å²) in [7, 11) is 0. The minimum atomic E-state index is -0.0977. The van der Waals surface area contributed by atoms with Crippen molar-refractivity contribution in [2.24, 2.45) is 0 Å². The van der Waals surface area contributed by atoms with Crippen LogP contribution in [0.15, 0.2) is 23.3 Å². The Hall–Kier alpha value is -1.58. The molecule has 0 fully saturated rings. The molecule has 0 atom stereocenters. The summed E-state index contributed by atoms with van der Waals surface area (Å²) in [6.07, 6.45) is 3.50. The van der Waals surface area contributed by atoms with Gasteiger partial charge < -0.3 is 10.6 Å². The van der Waals surface area contributed by atoms with Crippen LogP contribution < -0.4 is 10.6 Å². The fraction of sp³-hybridized carbons (Fsp3) is 0.500. The first kappa shape index (κ1) is 14.4. The smallest absolute Gasteiger partial charge is 0.246 e. The van der Waals surface area contributed by atoms with Crippen LogP contribution in [0.4, 0.5) is 0 Å². The second-order valence-electron chi connectivity index (χ2n) is 3.46. The second kappa shape index (κ2) is 7.68. The maximum atomic E-state index is 11.3. The molecule has 0 aliphatic heterocycles. The van der Waals surface area contributed by atoms with Gasteiger partial charge in [0.15, 0.2) is 0 Å². The number of rotatable bonds is 5. The molecular weight excluding hydrogens is 204 g/mol. The van der Waals surface area contributed by atoms with Crippen molar-refractivity contribution in [2.75, 3.05) is 13.1 Å². The van der Waals surface area contributed by atoms with E-state index < -0.39 is 0 Å². The van der Waals surface area contributed by atoms with Gasteiger partial charge in [-0.3, -0.25) is 9.59 Å². The highest BCUT2D eigenvalue weighted by molar-refractivity contribution is 5.93. The molecule has 4 nitrogen and oxygen atoms in total. The van der Waals surface area contributed by atoms with Crippen LogP contribution in [-0.4, -0.2) is 24.9 Å². The highest BCUT2D eigenvalue weighted by atomic mass is 16.2. The monoisotopic (exact) mass is 224 g/mol. The predicted molar refractivity (Wildman–Crippen MR) is 64.9 cm³/mol. The number of hydrogen-bond donors (Lipinski definition) is 2. The van der Waals surface area contributed by atoms with Crippen molar-refractivity contribution in [1.82, 2.24) is 10.6 Å². The van der Waals surface area contributed by atoms with Crippen molar-refractivity contribution >= 4 is 11.8 Å². The molecule has 2 N–H and O–H groups in total. The molecule has 0 spiro atoms. The summed E-state index contributed by atoms with van der Waals surface area (Å²) in [4.78, 5) is 22.6. The minimum absolute atomic E-state index is 0.0977. The van der Waals surface area contributed by atoms with Crippen molar-refractivity contribution in [3.05, 3.63) is 23.3 Å². The molecule has 16 heavy (non-hydrogen) atoms. The van der Waals surface area contributed by atoms with Gasteiger partial charge in [-0.15, -0.1) is 0 Å². The Balaban J connectivity index is 3.78. The van der Waals surface area contributed by atoms with E-state index in [1.165, 1.54) is 0 Å². The lowest BCUT2D eigenvalue weighted by atomic mass is 10.2. The molecule has 0 unspecified atom stereocenters. The zero-order valence-corrected chi connectivity index (χ0v) is 10.4. The molecule has 0 aliphatic rings. The molecular formula is C12H20N2O2. The zero-order chi connectivity index (χ0) is 12.6. The second-order valence-corrected chi connectivity index (χ2v) is 3.46. The third-order valence-corrected chi connectivity index (χ3v) is 2.28. The van der Waals surface area contributed by atoms with E-state index in [1.54, 1.807) is 26.0 Å². The molecule has 0 heterocycles. The summed E-state index contributed by atoms with van der Waals surface area (Å²) in [5.41, 5.74) is 1.35. The SMILES string of the molecule is CC=C(C)C(=O)NCCNC(=O)C(C)=CC. The molecule has 0 rings (SSSR count). The molecule has 0 radical (unpaired) electrons. The van der Waals surface area contributed by atoms with E-state index in [0.29, 0.717) is 24.2 Å². The molecule has 0 aliphatic carbocycles. The number of allylic oxidation sites excluding steroid dienone is 2. The number of hydrogen-bond acceptors (Lipinski definition) is 2. The van der Waals surface area contributed by atoms with Gasteiger partial charge in [-0.05, 0) is 27.7 Å². The Kier molecular flexibility index (Phi) is 6.92. The van der Waals surface area contributed by atoms with Crippen LogP contribution in [0.3, 0.4) is 0 Å². The number of carbonyl (C=O) groups is 2. The molecule has 0 aromatic rings. The van der Waals surface area contributed by atoms with Crippen molar-refractivity contribution in [2.45, 2.75) is 27.7 Å². The zero-order valence-electron chi connectivity index (χ0n) is 10.4. The maximum absolute atomic E-state index is 11.3. The first-order chi connectivity index (χ1) is 7.52. The summed E-state index contributed by atoms with van der Waals surface area (Å²) in [6.45, 7) is 7.99. The molecule has 4 heteroatoms. The number of carbonyl (C=O) groups excluding carboxylic acids is 2. The van der Waals surface area contributed by atoms with E-state index in [2.05, 4.69) is 10.6 Å². The van der Waals surface area contributed by atoms with Crippen LogP contribution in [0.1, 0.15) is 27.7 Å². The summed E-state index contributed by atoms with van der Waals surface area (Å²) >= 11 is 0. The first-order valence-electron chi connectivity index (χ1n) is 5.35. The summed E-state index contributed by atoms with van der Waals surface area (Å²) < 4.78 is 0. The lowest BCUT2D eigenvalue weighted by Gasteiger charge is -2.07. The van der Waals surface area contributed by atoms with Gasteiger partial charge in [-0.1, -0.05) is 12.2 Å². The minimum Gasteiger partial charge on any atom is -0.351 e. The van der Waals surface area contributed by atoms with E-state index in [1.807, 2.05) is 13.8 Å². The van der Waals surface area contributed by atoms with Crippen LogP contribution >= 0.6 is 0 Å².